The maximum atomic E-state index is 5.58. The normalized spacial score (nSPS) is 18.3. The number of anilines is 1. The number of benzene rings is 1. The molecular weight excluding hydrogens is 256 g/mol. The van der Waals surface area contributed by atoms with Gasteiger partial charge in [0.1, 0.15) is 0 Å². The lowest BCUT2D eigenvalue weighted by Gasteiger charge is -2.13. The van der Waals surface area contributed by atoms with Crippen LogP contribution in [0.5, 0.6) is 0 Å². The summed E-state index contributed by atoms with van der Waals surface area (Å²) in [7, 11) is 0. The Morgan fingerprint density at radius 1 is 1.47 bits per heavy atom. The Morgan fingerprint density at radius 3 is 3.11 bits per heavy atom. The lowest BCUT2D eigenvalue weighted by atomic mass is 10.1. The van der Waals surface area contributed by atoms with E-state index in [4.69, 9.17) is 17.0 Å². The molecule has 3 nitrogen and oxygen atoms in total. The van der Waals surface area contributed by atoms with Gasteiger partial charge in [0.25, 0.3) is 0 Å². The second-order valence-electron chi connectivity index (χ2n) is 4.86. The van der Waals surface area contributed by atoms with E-state index in [2.05, 4.69) is 35.8 Å². The summed E-state index contributed by atoms with van der Waals surface area (Å²) >= 11 is 5.29. The molecule has 19 heavy (non-hydrogen) atoms. The van der Waals surface area contributed by atoms with E-state index in [1.165, 1.54) is 18.4 Å². The first kappa shape index (κ1) is 14.3. The van der Waals surface area contributed by atoms with E-state index in [0.29, 0.717) is 11.2 Å². The highest BCUT2D eigenvalue weighted by molar-refractivity contribution is 7.80. The maximum Gasteiger partial charge on any atom is 0.170 e. The highest BCUT2D eigenvalue weighted by Gasteiger charge is 2.14. The standard InChI is InChI=1S/C15H22N2OS/c1-2-12-5-3-6-13(11-12)17-15(19)16-9-8-14-7-4-10-18-14/h3,5-6,11,14H,2,4,7-10H2,1H3,(H2,16,17,19). The van der Waals surface area contributed by atoms with Gasteiger partial charge in [0.05, 0.1) is 6.10 Å². The Morgan fingerprint density at radius 2 is 2.37 bits per heavy atom. The summed E-state index contributed by atoms with van der Waals surface area (Å²) in [6.07, 6.45) is 4.85. The van der Waals surface area contributed by atoms with Crippen LogP contribution in [0, 0.1) is 0 Å². The lowest BCUT2D eigenvalue weighted by molar-refractivity contribution is 0.105. The van der Waals surface area contributed by atoms with Gasteiger partial charge in [-0.25, -0.2) is 0 Å². The number of hydrogen-bond donors (Lipinski definition) is 2. The van der Waals surface area contributed by atoms with Crippen molar-refractivity contribution >= 4 is 23.0 Å². The average molecular weight is 278 g/mol. The molecule has 1 atom stereocenters. The van der Waals surface area contributed by atoms with E-state index in [0.717, 1.165) is 31.7 Å². The highest BCUT2D eigenvalue weighted by Crippen LogP contribution is 2.14. The Bertz CT molecular complexity index is 416. The summed E-state index contributed by atoms with van der Waals surface area (Å²) in [5.41, 5.74) is 2.36. The molecule has 1 fully saturated rings. The molecule has 1 aliphatic heterocycles. The Balaban J connectivity index is 1.70. The van der Waals surface area contributed by atoms with E-state index in [-0.39, 0.29) is 0 Å². The zero-order valence-electron chi connectivity index (χ0n) is 11.4. The minimum Gasteiger partial charge on any atom is -0.378 e. The van der Waals surface area contributed by atoms with Gasteiger partial charge >= 0.3 is 0 Å². The third-order valence-corrected chi connectivity index (χ3v) is 3.62. The molecule has 0 saturated carbocycles. The molecule has 0 aliphatic carbocycles. The molecule has 0 spiro atoms. The molecule has 104 valence electrons. The molecule has 1 aliphatic rings. The second kappa shape index (κ2) is 7.46. The van der Waals surface area contributed by atoms with Gasteiger partial charge in [0, 0.05) is 18.8 Å². The zero-order valence-corrected chi connectivity index (χ0v) is 12.3. The predicted octanol–water partition coefficient (Wildman–Crippen LogP) is 3.10. The van der Waals surface area contributed by atoms with Crippen LogP contribution in [0.1, 0.15) is 31.7 Å². The number of ether oxygens (including phenoxy) is 1. The molecule has 0 radical (unpaired) electrons. The molecule has 0 aromatic heterocycles. The predicted molar refractivity (Wildman–Crippen MR) is 83.6 cm³/mol. The summed E-state index contributed by atoms with van der Waals surface area (Å²) in [6, 6.07) is 8.34. The Hall–Kier alpha value is -1.13. The zero-order chi connectivity index (χ0) is 13.5. The van der Waals surface area contributed by atoms with Crippen molar-refractivity contribution in [2.45, 2.75) is 38.7 Å². The molecule has 1 unspecified atom stereocenters. The molecule has 4 heteroatoms. The molecule has 0 amide bonds. The molecule has 1 heterocycles. The molecule has 2 N–H and O–H groups in total. The fraction of sp³-hybridized carbons (Fsp3) is 0.533. The minimum atomic E-state index is 0.415. The number of rotatable bonds is 5. The summed E-state index contributed by atoms with van der Waals surface area (Å²) in [6.45, 7) is 3.93. The van der Waals surface area contributed by atoms with Gasteiger partial charge in [-0.2, -0.15) is 0 Å². The number of hydrogen-bond acceptors (Lipinski definition) is 2. The fourth-order valence-electron chi connectivity index (χ4n) is 2.26. The van der Waals surface area contributed by atoms with Crippen LogP contribution in [-0.4, -0.2) is 24.4 Å². The summed E-state index contributed by atoms with van der Waals surface area (Å²) in [5, 5.41) is 7.14. The first-order chi connectivity index (χ1) is 9.28. The van der Waals surface area contributed by atoms with Crippen LogP contribution in [0.4, 0.5) is 5.69 Å². The van der Waals surface area contributed by atoms with Crippen molar-refractivity contribution in [3.8, 4) is 0 Å². The van der Waals surface area contributed by atoms with Crippen molar-refractivity contribution in [2.75, 3.05) is 18.5 Å². The minimum absolute atomic E-state index is 0.415. The summed E-state index contributed by atoms with van der Waals surface area (Å²) < 4.78 is 5.58. The monoisotopic (exact) mass is 278 g/mol. The van der Waals surface area contributed by atoms with Crippen molar-refractivity contribution < 1.29 is 4.74 Å². The first-order valence-electron chi connectivity index (χ1n) is 7.03. The third kappa shape index (κ3) is 4.80. The van der Waals surface area contributed by atoms with Crippen LogP contribution in [0.15, 0.2) is 24.3 Å². The molecule has 1 saturated heterocycles. The lowest BCUT2D eigenvalue weighted by Crippen LogP contribution is -2.31. The maximum absolute atomic E-state index is 5.58. The van der Waals surface area contributed by atoms with Gasteiger partial charge in [-0.05, 0) is 55.6 Å². The van der Waals surface area contributed by atoms with Crippen LogP contribution in [-0.2, 0) is 11.2 Å². The van der Waals surface area contributed by atoms with Crippen molar-refractivity contribution in [1.29, 1.82) is 0 Å². The van der Waals surface area contributed by atoms with E-state index in [1.54, 1.807) is 0 Å². The van der Waals surface area contributed by atoms with Gasteiger partial charge in [0.2, 0.25) is 0 Å². The van der Waals surface area contributed by atoms with Crippen molar-refractivity contribution in [2.24, 2.45) is 0 Å². The molecule has 2 rings (SSSR count). The quantitative estimate of drug-likeness (QED) is 0.811. The summed E-state index contributed by atoms with van der Waals surface area (Å²) in [5.74, 6) is 0. The summed E-state index contributed by atoms with van der Waals surface area (Å²) in [4.78, 5) is 0. The second-order valence-corrected chi connectivity index (χ2v) is 5.27. The third-order valence-electron chi connectivity index (χ3n) is 3.37. The number of thiocarbonyl (C=S) groups is 1. The largest absolute Gasteiger partial charge is 0.378 e. The smallest absolute Gasteiger partial charge is 0.170 e. The van der Waals surface area contributed by atoms with Crippen molar-refractivity contribution in [1.82, 2.24) is 5.32 Å². The van der Waals surface area contributed by atoms with Gasteiger partial charge in [0.15, 0.2) is 5.11 Å². The van der Waals surface area contributed by atoms with E-state index in [1.807, 2.05) is 6.07 Å². The Kier molecular flexibility index (Phi) is 5.61. The van der Waals surface area contributed by atoms with E-state index < -0.39 is 0 Å². The SMILES string of the molecule is CCc1cccc(NC(=S)NCCC2CCCO2)c1. The van der Waals surface area contributed by atoms with Gasteiger partial charge in [-0.1, -0.05) is 19.1 Å². The van der Waals surface area contributed by atoms with Crippen molar-refractivity contribution in [3.63, 3.8) is 0 Å². The molecule has 0 bridgehead atoms. The van der Waals surface area contributed by atoms with Crippen LogP contribution >= 0.6 is 12.2 Å². The van der Waals surface area contributed by atoms with Gasteiger partial charge < -0.3 is 15.4 Å². The topological polar surface area (TPSA) is 33.3 Å². The van der Waals surface area contributed by atoms with Crippen molar-refractivity contribution in [3.05, 3.63) is 29.8 Å². The Labute approximate surface area is 120 Å². The molecule has 1 aromatic rings. The van der Waals surface area contributed by atoms with Crippen LogP contribution < -0.4 is 10.6 Å². The molecule has 1 aromatic carbocycles. The van der Waals surface area contributed by atoms with Crippen LogP contribution in [0.25, 0.3) is 0 Å². The highest BCUT2D eigenvalue weighted by atomic mass is 32.1. The van der Waals surface area contributed by atoms with Gasteiger partial charge in [-0.3, -0.25) is 0 Å². The number of nitrogens with one attached hydrogen (secondary N) is 2. The number of aryl methyl sites for hydroxylation is 1. The fourth-order valence-corrected chi connectivity index (χ4v) is 2.48. The van der Waals surface area contributed by atoms with E-state index in [9.17, 15) is 0 Å². The average Bonchev–Trinajstić information content (AvgIpc) is 2.92. The van der Waals surface area contributed by atoms with Gasteiger partial charge in [-0.15, -0.1) is 0 Å². The molecular formula is C15H22N2OS. The van der Waals surface area contributed by atoms with E-state index >= 15 is 0 Å². The first-order valence-corrected chi connectivity index (χ1v) is 7.44. The van der Waals surface area contributed by atoms with Crippen LogP contribution in [0.2, 0.25) is 0 Å². The van der Waals surface area contributed by atoms with Crippen LogP contribution in [0.3, 0.4) is 0 Å².